The molecule has 0 radical (unpaired) electrons. The number of carbonyl (C=O) groups excluding carboxylic acids is 1. The van der Waals surface area contributed by atoms with Crippen LogP contribution in [0.2, 0.25) is 0 Å². The number of nitrogens with zero attached hydrogens (tertiary/aromatic N) is 3. The van der Waals surface area contributed by atoms with E-state index in [4.69, 9.17) is 0 Å². The van der Waals surface area contributed by atoms with Crippen LogP contribution >= 0.6 is 0 Å². The number of aliphatic hydroxyl groups is 1. The van der Waals surface area contributed by atoms with Gasteiger partial charge in [-0.25, -0.2) is 4.79 Å². The molecule has 2 unspecified atom stereocenters. The summed E-state index contributed by atoms with van der Waals surface area (Å²) in [5.41, 5.74) is 2.98. The predicted octanol–water partition coefficient (Wildman–Crippen LogP) is 1.87. The Kier molecular flexibility index (Phi) is 3.55. The summed E-state index contributed by atoms with van der Waals surface area (Å²) in [7, 11) is 1.99. The molecule has 2 N–H and O–H groups in total. The van der Waals surface area contributed by atoms with Crippen LogP contribution in [0.5, 0.6) is 0 Å². The average molecular weight is 379 g/mol. The van der Waals surface area contributed by atoms with Crippen molar-refractivity contribution in [2.75, 3.05) is 0 Å². The predicted molar refractivity (Wildman–Crippen MR) is 103 cm³/mol. The second-order valence-electron chi connectivity index (χ2n) is 7.93. The lowest BCUT2D eigenvalue weighted by Crippen LogP contribution is -2.64. The molecule has 2 aliphatic heterocycles. The summed E-state index contributed by atoms with van der Waals surface area (Å²) in [5, 5.41) is 21.9. The van der Waals surface area contributed by atoms with Crippen LogP contribution in [-0.2, 0) is 16.6 Å². The van der Waals surface area contributed by atoms with Crippen LogP contribution in [0.15, 0.2) is 36.7 Å². The zero-order valence-electron chi connectivity index (χ0n) is 15.6. The molecular weight excluding hydrogens is 358 g/mol. The van der Waals surface area contributed by atoms with Crippen molar-refractivity contribution in [1.29, 1.82) is 0 Å². The van der Waals surface area contributed by atoms with Gasteiger partial charge in [0.2, 0.25) is 5.91 Å². The number of benzene rings is 1. The molecule has 0 spiro atoms. The molecule has 7 nitrogen and oxygen atoms in total. The third-order valence-corrected chi connectivity index (χ3v) is 6.52. The number of amides is 1. The normalized spacial score (nSPS) is 27.8. The van der Waals surface area contributed by atoms with E-state index in [1.807, 2.05) is 37.5 Å². The molecule has 0 aliphatic carbocycles. The van der Waals surface area contributed by atoms with Gasteiger partial charge in [0.15, 0.2) is 0 Å². The zero-order valence-corrected chi connectivity index (χ0v) is 15.6. The van der Waals surface area contributed by atoms with Gasteiger partial charge in [0, 0.05) is 41.5 Å². The molecule has 7 heteroatoms. The number of carbonyl (C=O) groups is 2. The molecule has 3 aromatic rings. The Morgan fingerprint density at radius 1 is 1.25 bits per heavy atom. The van der Waals surface area contributed by atoms with E-state index in [1.165, 1.54) is 4.90 Å². The number of carboxylic acids is 1. The van der Waals surface area contributed by atoms with E-state index in [0.29, 0.717) is 6.42 Å². The Hall–Kier alpha value is -2.93. The fraction of sp³-hybridized carbons (Fsp3) is 0.381. The highest BCUT2D eigenvalue weighted by Crippen LogP contribution is 2.48. The molecule has 5 rings (SSSR count). The number of hydrogen-bond donors (Lipinski definition) is 2. The second kappa shape index (κ2) is 5.78. The van der Waals surface area contributed by atoms with E-state index in [2.05, 4.69) is 9.55 Å². The first-order valence-electron chi connectivity index (χ1n) is 9.45. The topological polar surface area (TPSA) is 95.7 Å². The lowest BCUT2D eigenvalue weighted by Gasteiger charge is -2.45. The van der Waals surface area contributed by atoms with Crippen LogP contribution < -0.4 is 0 Å². The third-order valence-electron chi connectivity index (χ3n) is 6.52. The first-order valence-corrected chi connectivity index (χ1v) is 9.45. The molecule has 5 atom stereocenters. The lowest BCUT2D eigenvalue weighted by molar-refractivity contribution is -0.169. The van der Waals surface area contributed by atoms with Gasteiger partial charge in [-0.2, -0.15) is 0 Å². The summed E-state index contributed by atoms with van der Waals surface area (Å²) in [6, 6.07) is 6.88. The molecule has 0 saturated carbocycles. The minimum atomic E-state index is -0.993. The Morgan fingerprint density at radius 3 is 2.75 bits per heavy atom. The maximum absolute atomic E-state index is 12.5. The largest absolute Gasteiger partial charge is 0.480 e. The van der Waals surface area contributed by atoms with Crippen molar-refractivity contribution in [2.45, 2.75) is 37.5 Å². The van der Waals surface area contributed by atoms with E-state index >= 15 is 0 Å². The van der Waals surface area contributed by atoms with E-state index in [-0.39, 0.29) is 17.9 Å². The average Bonchev–Trinajstić information content (AvgIpc) is 3.15. The maximum Gasteiger partial charge on any atom is 0.327 e. The zero-order chi connectivity index (χ0) is 19.7. The van der Waals surface area contributed by atoms with E-state index in [1.54, 1.807) is 13.1 Å². The molecule has 2 fully saturated rings. The van der Waals surface area contributed by atoms with Gasteiger partial charge in [-0.1, -0.05) is 6.07 Å². The van der Waals surface area contributed by atoms with Gasteiger partial charge in [-0.05, 0) is 37.1 Å². The molecule has 4 heterocycles. The van der Waals surface area contributed by atoms with Crippen LogP contribution in [0.3, 0.4) is 0 Å². The number of aliphatic hydroxyl groups excluding tert-OH is 1. The van der Waals surface area contributed by atoms with Crippen LogP contribution in [0.4, 0.5) is 0 Å². The van der Waals surface area contributed by atoms with Crippen molar-refractivity contribution < 1.29 is 19.8 Å². The van der Waals surface area contributed by atoms with Gasteiger partial charge < -0.3 is 19.7 Å². The first-order chi connectivity index (χ1) is 13.4. The molecular formula is C21H21N3O4. The summed E-state index contributed by atoms with van der Waals surface area (Å²) < 4.78 is 2.07. The van der Waals surface area contributed by atoms with Crippen LogP contribution in [-0.4, -0.2) is 54.7 Å². The number of aryl methyl sites for hydroxylation is 1. The monoisotopic (exact) mass is 379 g/mol. The van der Waals surface area contributed by atoms with Gasteiger partial charge in [0.25, 0.3) is 0 Å². The summed E-state index contributed by atoms with van der Waals surface area (Å²) in [4.78, 5) is 30.1. The number of aromatic nitrogens is 2. The summed E-state index contributed by atoms with van der Waals surface area (Å²) in [5.74, 6) is -2.05. The quantitative estimate of drug-likeness (QED) is 0.678. The van der Waals surface area contributed by atoms with Gasteiger partial charge >= 0.3 is 5.97 Å². The van der Waals surface area contributed by atoms with E-state index < -0.39 is 24.0 Å². The highest BCUT2D eigenvalue weighted by molar-refractivity contribution is 6.08. The summed E-state index contributed by atoms with van der Waals surface area (Å²) in [6.45, 7) is 1.60. The number of β-lactam (4-membered cyclic amide) rings is 1. The fourth-order valence-corrected chi connectivity index (χ4v) is 5.22. The Bertz CT molecular complexity index is 1140. The van der Waals surface area contributed by atoms with Crippen LogP contribution in [0.1, 0.15) is 24.8 Å². The lowest BCUT2D eigenvalue weighted by atomic mass is 9.82. The van der Waals surface area contributed by atoms with Crippen molar-refractivity contribution in [3.05, 3.63) is 42.2 Å². The van der Waals surface area contributed by atoms with Crippen molar-refractivity contribution in [2.24, 2.45) is 13.0 Å². The maximum atomic E-state index is 12.5. The Balaban J connectivity index is 1.62. The molecule has 2 aromatic heterocycles. The smallest absolute Gasteiger partial charge is 0.327 e. The number of pyridine rings is 1. The molecule has 2 aliphatic rings. The van der Waals surface area contributed by atoms with Crippen LogP contribution in [0.25, 0.3) is 21.8 Å². The van der Waals surface area contributed by atoms with Crippen molar-refractivity contribution >= 4 is 33.7 Å². The Labute approximate surface area is 161 Å². The number of rotatable bonds is 3. The van der Waals surface area contributed by atoms with Gasteiger partial charge in [0.1, 0.15) is 6.04 Å². The molecule has 1 aromatic carbocycles. The van der Waals surface area contributed by atoms with Crippen molar-refractivity contribution in [3.63, 3.8) is 0 Å². The van der Waals surface area contributed by atoms with Crippen molar-refractivity contribution in [1.82, 2.24) is 14.5 Å². The standard InChI is InChI=1S/C21H21N3O4/c1-10(25)18-16-8-13(19(21(27)28)24(16)20(18)26)11-3-4-15-14(7-11)12-5-6-22-9-17(12)23(15)2/h3-7,9-10,13,16,18-19,25H,8H2,1-2H3,(H,27,28)/t10-,13?,16-,18-,19?/m1/s1. The SMILES string of the molecule is C[C@@H](O)[C@H]1C(=O)N2C(C(=O)O)C(c3ccc4c(c3)c3ccncc3n4C)C[C@H]12. The minimum absolute atomic E-state index is 0.217. The minimum Gasteiger partial charge on any atom is -0.480 e. The molecule has 1 amide bonds. The van der Waals surface area contributed by atoms with Crippen LogP contribution in [0, 0.1) is 5.92 Å². The number of fused-ring (bicyclic) bond motifs is 4. The van der Waals surface area contributed by atoms with Gasteiger partial charge in [0.05, 0.1) is 23.7 Å². The fourth-order valence-electron chi connectivity index (χ4n) is 5.22. The highest BCUT2D eigenvalue weighted by atomic mass is 16.4. The number of aliphatic carboxylic acids is 1. The first kappa shape index (κ1) is 17.2. The molecule has 2 saturated heterocycles. The molecule has 144 valence electrons. The third kappa shape index (κ3) is 2.10. The Morgan fingerprint density at radius 2 is 2.04 bits per heavy atom. The number of carboxylic acid groups (broad SMARTS) is 1. The van der Waals surface area contributed by atoms with Gasteiger partial charge in [-0.3, -0.25) is 9.78 Å². The summed E-state index contributed by atoms with van der Waals surface area (Å²) in [6.07, 6.45) is 3.36. The van der Waals surface area contributed by atoms with Crippen molar-refractivity contribution in [3.8, 4) is 0 Å². The highest BCUT2D eigenvalue weighted by Gasteiger charge is 2.61. The van der Waals surface area contributed by atoms with E-state index in [0.717, 1.165) is 27.4 Å². The summed E-state index contributed by atoms with van der Waals surface area (Å²) >= 11 is 0. The van der Waals surface area contributed by atoms with E-state index in [9.17, 15) is 19.8 Å². The number of hydrogen-bond acceptors (Lipinski definition) is 4. The molecule has 28 heavy (non-hydrogen) atoms. The molecule has 0 bridgehead atoms. The van der Waals surface area contributed by atoms with Gasteiger partial charge in [-0.15, -0.1) is 0 Å². The second-order valence-corrected chi connectivity index (χ2v) is 7.93.